The zero-order chi connectivity index (χ0) is 22.3. The van der Waals surface area contributed by atoms with Gasteiger partial charge in [0.05, 0.1) is 5.25 Å². The summed E-state index contributed by atoms with van der Waals surface area (Å²) >= 11 is 7.48. The van der Waals surface area contributed by atoms with Crippen LogP contribution in [-0.2, 0) is 17.8 Å². The van der Waals surface area contributed by atoms with Crippen LogP contribution in [0.4, 0.5) is 0 Å². The number of carbonyl (C=O) groups excluding carboxylic acids is 1. The highest BCUT2D eigenvalue weighted by molar-refractivity contribution is 8.00. The van der Waals surface area contributed by atoms with Gasteiger partial charge in [-0.25, -0.2) is 0 Å². The van der Waals surface area contributed by atoms with Crippen molar-refractivity contribution in [2.75, 3.05) is 0 Å². The van der Waals surface area contributed by atoms with Crippen LogP contribution in [0.5, 0.6) is 0 Å². The highest BCUT2D eigenvalue weighted by Crippen LogP contribution is 2.27. The second-order valence-corrected chi connectivity index (χ2v) is 9.08. The maximum Gasteiger partial charge on any atom is 0.233 e. The summed E-state index contributed by atoms with van der Waals surface area (Å²) in [5, 5.41) is 12.8. The van der Waals surface area contributed by atoms with Gasteiger partial charge in [0.15, 0.2) is 5.16 Å². The molecule has 32 heavy (non-hydrogen) atoms. The van der Waals surface area contributed by atoms with Crippen molar-refractivity contribution in [3.63, 3.8) is 0 Å². The van der Waals surface area contributed by atoms with Crippen molar-refractivity contribution in [1.29, 1.82) is 0 Å². The molecule has 0 aliphatic rings. The van der Waals surface area contributed by atoms with Gasteiger partial charge < -0.3 is 5.32 Å². The van der Waals surface area contributed by atoms with Crippen LogP contribution in [0.1, 0.15) is 23.9 Å². The van der Waals surface area contributed by atoms with Gasteiger partial charge in [0, 0.05) is 23.7 Å². The summed E-state index contributed by atoms with van der Waals surface area (Å²) < 4.78 is 2.00. The molecule has 1 heterocycles. The van der Waals surface area contributed by atoms with Crippen molar-refractivity contribution in [3.8, 4) is 5.69 Å². The lowest BCUT2D eigenvalue weighted by Crippen LogP contribution is -2.30. The molecule has 1 N–H and O–H groups in total. The number of aromatic nitrogens is 3. The van der Waals surface area contributed by atoms with Crippen molar-refractivity contribution >= 4 is 29.3 Å². The van der Waals surface area contributed by atoms with Gasteiger partial charge in [-0.05, 0) is 42.3 Å². The van der Waals surface area contributed by atoms with Crippen LogP contribution in [0.3, 0.4) is 0 Å². The quantitative estimate of drug-likeness (QED) is 0.360. The molecule has 0 aliphatic heterocycles. The van der Waals surface area contributed by atoms with Crippen LogP contribution < -0.4 is 5.32 Å². The van der Waals surface area contributed by atoms with Crippen molar-refractivity contribution in [3.05, 3.63) is 107 Å². The molecular weight excluding hydrogens is 440 g/mol. The number of amides is 1. The highest BCUT2D eigenvalue weighted by Gasteiger charge is 2.21. The van der Waals surface area contributed by atoms with E-state index in [2.05, 4.69) is 27.6 Å². The molecule has 7 heteroatoms. The monoisotopic (exact) mass is 462 g/mol. The molecule has 3 aromatic carbocycles. The Balaban J connectivity index is 1.54. The van der Waals surface area contributed by atoms with E-state index in [-0.39, 0.29) is 11.2 Å². The molecule has 4 rings (SSSR count). The first kappa shape index (κ1) is 22.1. The Morgan fingerprint density at radius 1 is 0.938 bits per heavy atom. The maximum absolute atomic E-state index is 12.7. The van der Waals surface area contributed by atoms with E-state index >= 15 is 0 Å². The summed E-state index contributed by atoms with van der Waals surface area (Å²) in [7, 11) is 0. The molecule has 162 valence electrons. The van der Waals surface area contributed by atoms with Crippen LogP contribution in [0.2, 0.25) is 5.02 Å². The third-order valence-corrected chi connectivity index (χ3v) is 6.25. The Labute approximate surface area is 196 Å². The average molecular weight is 463 g/mol. The number of carbonyl (C=O) groups is 1. The summed E-state index contributed by atoms with van der Waals surface area (Å²) in [6.07, 6.45) is 0.631. The third kappa shape index (κ3) is 5.58. The number of hydrogen-bond donors (Lipinski definition) is 1. The Bertz CT molecular complexity index is 1160. The predicted octanol–water partition coefficient (Wildman–Crippen LogP) is 5.31. The first-order chi connectivity index (χ1) is 15.6. The van der Waals surface area contributed by atoms with Crippen LogP contribution in [-0.4, -0.2) is 25.9 Å². The van der Waals surface area contributed by atoms with Gasteiger partial charge in [-0.15, -0.1) is 10.2 Å². The SMILES string of the molecule is CC(Sc1nnc(Cc2ccccc2)n1-c1ccc(Cl)cc1)C(=O)NCc1ccccc1. The number of thioether (sulfide) groups is 1. The molecule has 5 nitrogen and oxygen atoms in total. The molecule has 0 bridgehead atoms. The number of halogens is 1. The fraction of sp³-hybridized carbons (Fsp3) is 0.160. The topological polar surface area (TPSA) is 59.8 Å². The molecule has 0 radical (unpaired) electrons. The van der Waals surface area contributed by atoms with Gasteiger partial charge in [0.2, 0.25) is 5.91 Å². The molecule has 1 unspecified atom stereocenters. The van der Waals surface area contributed by atoms with Crippen molar-refractivity contribution in [2.45, 2.75) is 30.3 Å². The van der Waals surface area contributed by atoms with Gasteiger partial charge in [-0.3, -0.25) is 9.36 Å². The second kappa shape index (κ2) is 10.5. The molecule has 0 saturated carbocycles. The zero-order valence-corrected chi connectivity index (χ0v) is 19.2. The fourth-order valence-electron chi connectivity index (χ4n) is 3.26. The minimum absolute atomic E-state index is 0.0471. The van der Waals surface area contributed by atoms with Gasteiger partial charge in [0.1, 0.15) is 5.82 Å². The van der Waals surface area contributed by atoms with E-state index in [1.54, 1.807) is 0 Å². The average Bonchev–Trinajstić information content (AvgIpc) is 3.21. The standard InChI is InChI=1S/C25H23ClN4OS/c1-18(24(31)27-17-20-10-6-3-7-11-20)32-25-29-28-23(16-19-8-4-2-5-9-19)30(25)22-14-12-21(26)13-15-22/h2-15,18H,16-17H2,1H3,(H,27,31). The van der Waals surface area contributed by atoms with E-state index in [1.165, 1.54) is 11.8 Å². The molecule has 0 saturated heterocycles. The Hall–Kier alpha value is -3.09. The summed E-state index contributed by atoms with van der Waals surface area (Å²) in [4.78, 5) is 12.7. The Morgan fingerprint density at radius 2 is 1.56 bits per heavy atom. The predicted molar refractivity (Wildman–Crippen MR) is 129 cm³/mol. The molecule has 4 aromatic rings. The normalized spacial score (nSPS) is 11.8. The first-order valence-corrected chi connectivity index (χ1v) is 11.6. The molecular formula is C25H23ClN4OS. The van der Waals surface area contributed by atoms with Gasteiger partial charge >= 0.3 is 0 Å². The fourth-order valence-corrected chi connectivity index (χ4v) is 4.30. The van der Waals surface area contributed by atoms with E-state index in [9.17, 15) is 4.79 Å². The highest BCUT2D eigenvalue weighted by atomic mass is 35.5. The minimum Gasteiger partial charge on any atom is -0.351 e. The number of rotatable bonds is 8. The van der Waals surface area contributed by atoms with E-state index < -0.39 is 0 Å². The maximum atomic E-state index is 12.7. The summed E-state index contributed by atoms with van der Waals surface area (Å²) in [5.74, 6) is 0.757. The number of nitrogens with one attached hydrogen (secondary N) is 1. The van der Waals surface area contributed by atoms with E-state index in [1.807, 2.05) is 84.3 Å². The lowest BCUT2D eigenvalue weighted by molar-refractivity contribution is -0.120. The molecule has 1 atom stereocenters. The van der Waals surface area contributed by atoms with E-state index in [0.29, 0.717) is 23.1 Å². The Kier molecular flexibility index (Phi) is 7.24. The van der Waals surface area contributed by atoms with Gasteiger partial charge in [0.25, 0.3) is 0 Å². The summed E-state index contributed by atoms with van der Waals surface area (Å²) in [6.45, 7) is 2.37. The minimum atomic E-state index is -0.335. The molecule has 1 amide bonds. The molecule has 0 spiro atoms. The van der Waals surface area contributed by atoms with Crippen molar-refractivity contribution < 1.29 is 4.79 Å². The van der Waals surface area contributed by atoms with Crippen molar-refractivity contribution in [2.24, 2.45) is 0 Å². The Morgan fingerprint density at radius 3 is 2.22 bits per heavy atom. The van der Waals surface area contributed by atoms with Gasteiger partial charge in [-0.2, -0.15) is 0 Å². The van der Waals surface area contributed by atoms with E-state index in [4.69, 9.17) is 11.6 Å². The van der Waals surface area contributed by atoms with Gasteiger partial charge in [-0.1, -0.05) is 84.0 Å². The molecule has 0 fully saturated rings. The third-order valence-electron chi connectivity index (χ3n) is 4.95. The van der Waals surface area contributed by atoms with E-state index in [0.717, 1.165) is 22.6 Å². The van der Waals surface area contributed by atoms with Crippen LogP contribution >= 0.6 is 23.4 Å². The van der Waals surface area contributed by atoms with Crippen molar-refractivity contribution in [1.82, 2.24) is 20.1 Å². The summed E-state index contributed by atoms with van der Waals surface area (Å²) in [5.41, 5.74) is 3.11. The summed E-state index contributed by atoms with van der Waals surface area (Å²) in [6, 6.07) is 27.5. The number of nitrogens with zero attached hydrogens (tertiary/aromatic N) is 3. The number of benzene rings is 3. The second-order valence-electron chi connectivity index (χ2n) is 7.34. The largest absolute Gasteiger partial charge is 0.351 e. The number of hydrogen-bond acceptors (Lipinski definition) is 4. The zero-order valence-electron chi connectivity index (χ0n) is 17.6. The smallest absolute Gasteiger partial charge is 0.233 e. The lowest BCUT2D eigenvalue weighted by atomic mass is 10.1. The van der Waals surface area contributed by atoms with Crippen LogP contribution in [0, 0.1) is 0 Å². The van der Waals surface area contributed by atoms with Crippen LogP contribution in [0.25, 0.3) is 5.69 Å². The lowest BCUT2D eigenvalue weighted by Gasteiger charge is -2.14. The first-order valence-electron chi connectivity index (χ1n) is 10.3. The molecule has 0 aliphatic carbocycles. The molecule has 1 aromatic heterocycles. The van der Waals surface area contributed by atoms with Crippen LogP contribution in [0.15, 0.2) is 90.1 Å².